The molecule has 0 saturated heterocycles. The van der Waals surface area contributed by atoms with E-state index in [-0.39, 0.29) is 17.9 Å². The molecule has 0 aliphatic rings. The van der Waals surface area contributed by atoms with Crippen LogP contribution in [-0.4, -0.2) is 26.2 Å². The molecule has 0 aliphatic heterocycles. The van der Waals surface area contributed by atoms with E-state index in [2.05, 4.69) is 21.7 Å². The highest BCUT2D eigenvalue weighted by Gasteiger charge is 2.13. The van der Waals surface area contributed by atoms with Crippen molar-refractivity contribution < 1.29 is 19.2 Å². The van der Waals surface area contributed by atoms with Crippen LogP contribution in [0.1, 0.15) is 11.6 Å². The first-order valence-corrected chi connectivity index (χ1v) is 7.47. The van der Waals surface area contributed by atoms with E-state index < -0.39 is 5.97 Å². The monoisotopic (exact) mass is 337 g/mol. The fourth-order valence-corrected chi connectivity index (χ4v) is 2.07. The first-order valence-electron chi connectivity index (χ1n) is 7.47. The number of ether oxygens (including phenoxy) is 1. The Kier molecular flexibility index (Phi) is 4.56. The molecular weight excluding hydrogens is 322 g/mol. The maximum absolute atomic E-state index is 10.8. The number of carboxylic acids is 1. The van der Waals surface area contributed by atoms with Gasteiger partial charge in [0.1, 0.15) is 5.75 Å². The molecular formula is C18H15N3O4. The Bertz CT molecular complexity index is 916. The third-order valence-electron chi connectivity index (χ3n) is 3.33. The SMILES string of the molecule is C=C(Cc1nc(-c2ccc(Oc3cccc(C)n3)cc2)no1)C(=O)O. The van der Waals surface area contributed by atoms with Crippen LogP contribution in [0.15, 0.2) is 59.1 Å². The minimum atomic E-state index is -1.09. The second-order valence-electron chi connectivity index (χ2n) is 5.34. The van der Waals surface area contributed by atoms with Gasteiger partial charge in [0.25, 0.3) is 0 Å². The maximum Gasteiger partial charge on any atom is 0.331 e. The number of aliphatic carboxylic acids is 1. The lowest BCUT2D eigenvalue weighted by molar-refractivity contribution is -0.132. The van der Waals surface area contributed by atoms with Gasteiger partial charge in [0, 0.05) is 22.9 Å². The molecule has 0 unspecified atom stereocenters. The van der Waals surface area contributed by atoms with Gasteiger partial charge in [-0.2, -0.15) is 4.98 Å². The lowest BCUT2D eigenvalue weighted by Crippen LogP contribution is -2.02. The number of rotatable bonds is 6. The van der Waals surface area contributed by atoms with Crippen molar-refractivity contribution in [1.29, 1.82) is 0 Å². The summed E-state index contributed by atoms with van der Waals surface area (Å²) in [6, 6.07) is 12.6. The summed E-state index contributed by atoms with van der Waals surface area (Å²) >= 11 is 0. The van der Waals surface area contributed by atoms with E-state index >= 15 is 0 Å². The van der Waals surface area contributed by atoms with Gasteiger partial charge >= 0.3 is 5.97 Å². The molecule has 3 aromatic rings. The Balaban J connectivity index is 1.71. The lowest BCUT2D eigenvalue weighted by Gasteiger charge is -2.05. The smallest absolute Gasteiger partial charge is 0.331 e. The molecule has 1 N–H and O–H groups in total. The average Bonchev–Trinajstić information content (AvgIpc) is 3.04. The summed E-state index contributed by atoms with van der Waals surface area (Å²) in [4.78, 5) is 19.2. The van der Waals surface area contributed by atoms with Crippen molar-refractivity contribution in [3.8, 4) is 23.0 Å². The van der Waals surface area contributed by atoms with Crippen molar-refractivity contribution >= 4 is 5.97 Å². The largest absolute Gasteiger partial charge is 0.478 e. The molecule has 2 heterocycles. The highest BCUT2D eigenvalue weighted by atomic mass is 16.5. The summed E-state index contributed by atoms with van der Waals surface area (Å²) < 4.78 is 10.7. The van der Waals surface area contributed by atoms with Crippen molar-refractivity contribution in [3.63, 3.8) is 0 Å². The number of nitrogens with zero attached hydrogens (tertiary/aromatic N) is 3. The predicted octanol–water partition coefficient (Wildman–Crippen LogP) is 3.42. The van der Waals surface area contributed by atoms with Crippen LogP contribution in [-0.2, 0) is 11.2 Å². The predicted molar refractivity (Wildman–Crippen MR) is 89.3 cm³/mol. The number of carbonyl (C=O) groups is 1. The van der Waals surface area contributed by atoms with E-state index in [1.165, 1.54) is 0 Å². The minimum Gasteiger partial charge on any atom is -0.478 e. The molecule has 0 atom stereocenters. The Morgan fingerprint density at radius 2 is 1.96 bits per heavy atom. The van der Waals surface area contributed by atoms with Crippen molar-refractivity contribution in [1.82, 2.24) is 15.1 Å². The molecule has 0 aliphatic carbocycles. The van der Waals surface area contributed by atoms with Gasteiger partial charge in [-0.15, -0.1) is 0 Å². The van der Waals surface area contributed by atoms with Gasteiger partial charge in [0.15, 0.2) is 0 Å². The van der Waals surface area contributed by atoms with Crippen molar-refractivity contribution in [2.75, 3.05) is 0 Å². The number of pyridine rings is 1. The molecule has 7 nitrogen and oxygen atoms in total. The molecule has 0 saturated carbocycles. The third kappa shape index (κ3) is 4.08. The minimum absolute atomic E-state index is 0.00254. The van der Waals surface area contributed by atoms with E-state index in [0.29, 0.717) is 17.5 Å². The van der Waals surface area contributed by atoms with Gasteiger partial charge in [-0.25, -0.2) is 9.78 Å². The third-order valence-corrected chi connectivity index (χ3v) is 3.33. The summed E-state index contributed by atoms with van der Waals surface area (Å²) in [5.41, 5.74) is 1.58. The molecule has 25 heavy (non-hydrogen) atoms. The van der Waals surface area contributed by atoms with Crippen molar-refractivity contribution in [2.45, 2.75) is 13.3 Å². The van der Waals surface area contributed by atoms with Crippen LogP contribution in [0.2, 0.25) is 0 Å². The van der Waals surface area contributed by atoms with Gasteiger partial charge < -0.3 is 14.4 Å². The van der Waals surface area contributed by atoms with E-state index in [9.17, 15) is 4.79 Å². The number of aryl methyl sites for hydroxylation is 1. The summed E-state index contributed by atoms with van der Waals surface area (Å²) in [6.07, 6.45) is 0.00254. The molecule has 3 rings (SSSR count). The van der Waals surface area contributed by atoms with Crippen LogP contribution in [0.25, 0.3) is 11.4 Å². The fourth-order valence-electron chi connectivity index (χ4n) is 2.07. The summed E-state index contributed by atoms with van der Waals surface area (Å²) in [6.45, 7) is 5.33. The van der Waals surface area contributed by atoms with Crippen molar-refractivity contribution in [2.24, 2.45) is 0 Å². The normalized spacial score (nSPS) is 10.4. The van der Waals surface area contributed by atoms with Gasteiger partial charge in [0.2, 0.25) is 17.6 Å². The number of hydrogen-bond acceptors (Lipinski definition) is 6. The molecule has 2 aromatic heterocycles. The highest BCUT2D eigenvalue weighted by molar-refractivity contribution is 5.86. The molecule has 0 bridgehead atoms. The van der Waals surface area contributed by atoms with Gasteiger partial charge in [-0.1, -0.05) is 17.8 Å². The van der Waals surface area contributed by atoms with E-state index in [4.69, 9.17) is 14.4 Å². The van der Waals surface area contributed by atoms with Gasteiger partial charge in [-0.05, 0) is 37.3 Å². The van der Waals surface area contributed by atoms with Crippen LogP contribution < -0.4 is 4.74 Å². The quantitative estimate of drug-likeness (QED) is 0.688. The van der Waals surface area contributed by atoms with Crippen LogP contribution in [0.3, 0.4) is 0 Å². The van der Waals surface area contributed by atoms with E-state index in [1.54, 1.807) is 30.3 Å². The second-order valence-corrected chi connectivity index (χ2v) is 5.34. The van der Waals surface area contributed by atoms with Crippen LogP contribution in [0.4, 0.5) is 0 Å². The van der Waals surface area contributed by atoms with Gasteiger partial charge in [-0.3, -0.25) is 0 Å². The average molecular weight is 337 g/mol. The maximum atomic E-state index is 10.8. The molecule has 0 spiro atoms. The molecule has 126 valence electrons. The van der Waals surface area contributed by atoms with Crippen LogP contribution in [0, 0.1) is 6.92 Å². The Hall–Kier alpha value is -3.48. The number of benzene rings is 1. The molecule has 7 heteroatoms. The molecule has 0 fully saturated rings. The Morgan fingerprint density at radius 3 is 2.64 bits per heavy atom. The Morgan fingerprint density at radius 1 is 1.20 bits per heavy atom. The van der Waals surface area contributed by atoms with E-state index in [0.717, 1.165) is 11.3 Å². The molecule has 0 amide bonds. The molecule has 1 aromatic carbocycles. The summed E-state index contributed by atoms with van der Waals surface area (Å²) in [7, 11) is 0. The second kappa shape index (κ2) is 6.96. The van der Waals surface area contributed by atoms with E-state index in [1.807, 2.05) is 19.1 Å². The summed E-state index contributed by atoms with van der Waals surface area (Å²) in [5.74, 6) is 0.623. The zero-order chi connectivity index (χ0) is 17.8. The number of hydrogen-bond donors (Lipinski definition) is 1. The summed E-state index contributed by atoms with van der Waals surface area (Å²) in [5, 5.41) is 12.7. The standard InChI is InChI=1S/C18H15N3O4/c1-11(18(22)23)10-16-20-17(21-25-16)13-6-8-14(9-7-13)24-15-5-3-4-12(2)19-15/h3-9H,1,10H2,2H3,(H,22,23). The zero-order valence-corrected chi connectivity index (χ0v) is 13.5. The topological polar surface area (TPSA) is 98.3 Å². The first kappa shape index (κ1) is 16.4. The first-order chi connectivity index (χ1) is 12.0. The fraction of sp³-hybridized carbons (Fsp3) is 0.111. The highest BCUT2D eigenvalue weighted by Crippen LogP contribution is 2.24. The Labute approximate surface area is 143 Å². The number of aromatic nitrogens is 3. The van der Waals surface area contributed by atoms with Gasteiger partial charge in [0.05, 0.1) is 6.42 Å². The molecule has 0 radical (unpaired) electrons. The van der Waals surface area contributed by atoms with Crippen LogP contribution in [0.5, 0.6) is 11.6 Å². The van der Waals surface area contributed by atoms with Crippen molar-refractivity contribution in [3.05, 3.63) is 66.2 Å². The lowest BCUT2D eigenvalue weighted by atomic mass is 10.2. The number of carboxylic acid groups (broad SMARTS) is 1. The zero-order valence-electron chi connectivity index (χ0n) is 13.5. The van der Waals surface area contributed by atoms with Crippen LogP contribution >= 0.6 is 0 Å².